The Morgan fingerprint density at radius 1 is 1.08 bits per heavy atom. The van der Waals surface area contributed by atoms with Gasteiger partial charge in [-0.3, -0.25) is 14.8 Å². The van der Waals surface area contributed by atoms with Crippen molar-refractivity contribution < 1.29 is 9.53 Å². The molecule has 4 aromatic rings. The van der Waals surface area contributed by atoms with Crippen molar-refractivity contribution in [3.05, 3.63) is 83.2 Å². The smallest absolute Gasteiger partial charge is 0.254 e. The van der Waals surface area contributed by atoms with Crippen LogP contribution in [0.5, 0.6) is 5.75 Å². The fourth-order valence-electron chi connectivity index (χ4n) is 5.48. The van der Waals surface area contributed by atoms with Crippen LogP contribution in [0.25, 0.3) is 16.8 Å². The number of nitrogens with zero attached hydrogens (tertiary/aromatic N) is 5. The first-order valence-corrected chi connectivity index (χ1v) is 13.5. The van der Waals surface area contributed by atoms with Gasteiger partial charge in [0.1, 0.15) is 16.8 Å². The van der Waals surface area contributed by atoms with E-state index in [4.69, 9.17) is 16.3 Å². The van der Waals surface area contributed by atoms with Crippen LogP contribution in [0.1, 0.15) is 35.7 Å². The topological polar surface area (TPSA) is 97.2 Å². The third kappa shape index (κ3) is 5.20. The molecule has 2 aromatic carbocycles. The van der Waals surface area contributed by atoms with E-state index < -0.39 is 0 Å². The van der Waals surface area contributed by atoms with Gasteiger partial charge in [-0.2, -0.15) is 0 Å². The second-order valence-electron chi connectivity index (χ2n) is 10.3. The lowest BCUT2D eigenvalue weighted by atomic mass is 10.1. The molecule has 0 aliphatic carbocycles. The van der Waals surface area contributed by atoms with Gasteiger partial charge in [0.15, 0.2) is 11.6 Å². The number of hydrogen-bond acceptors (Lipinski definition) is 7. The highest BCUT2D eigenvalue weighted by atomic mass is 35.5. The minimum atomic E-state index is -0.325. The number of carbonyl (C=O) groups excluding carboxylic acids is 1. The predicted molar refractivity (Wildman–Crippen MR) is 152 cm³/mol. The maximum Gasteiger partial charge on any atom is 0.254 e. The molecule has 1 saturated heterocycles. The third-order valence-corrected chi connectivity index (χ3v) is 7.19. The van der Waals surface area contributed by atoms with Crippen LogP contribution in [0.4, 0.5) is 5.69 Å². The number of anilines is 1. The van der Waals surface area contributed by atoms with Crippen LogP contribution in [0, 0.1) is 6.92 Å². The number of imidazole rings is 1. The maximum absolute atomic E-state index is 13.6. The average molecular weight is 544 g/mol. The number of aryl methyl sites for hydroxylation is 1. The van der Waals surface area contributed by atoms with Gasteiger partial charge >= 0.3 is 0 Å². The van der Waals surface area contributed by atoms with Crippen molar-refractivity contribution >= 4 is 40.0 Å². The molecule has 6 rings (SSSR count). The lowest BCUT2D eigenvalue weighted by molar-refractivity contribution is 0.0942. The largest absolute Gasteiger partial charge is 0.454 e. The molecule has 2 aliphatic heterocycles. The highest BCUT2D eigenvalue weighted by molar-refractivity contribution is 6.30. The van der Waals surface area contributed by atoms with E-state index in [-0.39, 0.29) is 11.9 Å². The molecule has 10 heteroatoms. The van der Waals surface area contributed by atoms with Gasteiger partial charge in [-0.25, -0.2) is 4.98 Å². The predicted octanol–water partition coefficient (Wildman–Crippen LogP) is 4.21. The molecule has 3 atom stereocenters. The molecule has 0 spiro atoms. The number of amides is 1. The summed E-state index contributed by atoms with van der Waals surface area (Å²) >= 11 is 6.16. The average Bonchev–Trinajstić information content (AvgIpc) is 3.28. The van der Waals surface area contributed by atoms with Crippen molar-refractivity contribution in [2.24, 2.45) is 0 Å². The van der Waals surface area contributed by atoms with Crippen LogP contribution in [-0.4, -0.2) is 56.6 Å². The molecular weight excluding hydrogens is 514 g/mol. The van der Waals surface area contributed by atoms with Gasteiger partial charge in [-0.05, 0) is 57.2 Å². The number of rotatable bonds is 5. The highest BCUT2D eigenvalue weighted by Gasteiger charge is 2.27. The maximum atomic E-state index is 13.6. The Labute approximate surface area is 231 Å². The first-order chi connectivity index (χ1) is 18.8. The summed E-state index contributed by atoms with van der Waals surface area (Å²) < 4.78 is 8.17. The Morgan fingerprint density at radius 2 is 1.85 bits per heavy atom. The van der Waals surface area contributed by atoms with E-state index in [1.54, 1.807) is 24.5 Å². The zero-order valence-electron chi connectivity index (χ0n) is 22.1. The number of piperazine rings is 1. The summed E-state index contributed by atoms with van der Waals surface area (Å²) in [5, 5.41) is 7.30. The number of aromatic nitrogens is 4. The number of nitrogens with one attached hydrogen (secondary N) is 2. The van der Waals surface area contributed by atoms with E-state index in [0.29, 0.717) is 52.1 Å². The highest BCUT2D eigenvalue weighted by Crippen LogP contribution is 2.30. The molecule has 2 aromatic heterocycles. The normalized spacial score (nSPS) is 20.9. The Morgan fingerprint density at radius 3 is 2.62 bits per heavy atom. The molecule has 200 valence electrons. The Bertz CT molecular complexity index is 1570. The molecule has 2 N–H and O–H groups in total. The fraction of sp³-hybridized carbons (Fsp3) is 0.310. The monoisotopic (exact) mass is 543 g/mol. The molecular formula is C29H30ClN7O2. The molecule has 9 nitrogen and oxygen atoms in total. The standard InChI is InChI=1S/C29H30ClN7O2/c1-17-13-36(14-18(2)33-17)24-8-7-23(26-27(24)32-10-9-31-26)29(38)35-21-12-25(28-34-19(3)15-37(28)16-21)39-22-6-4-5-20(30)11-22/h4-12,15,17-18,21,33H,13-14,16H2,1-3H3,(H,35,38)/t17-,18-,21?/m1/s1. The van der Waals surface area contributed by atoms with E-state index in [9.17, 15) is 4.79 Å². The second-order valence-corrected chi connectivity index (χ2v) is 10.7. The Kier molecular flexibility index (Phi) is 6.70. The van der Waals surface area contributed by atoms with E-state index in [2.05, 4.69) is 44.3 Å². The van der Waals surface area contributed by atoms with Crippen LogP contribution in [0.2, 0.25) is 5.02 Å². The summed E-state index contributed by atoms with van der Waals surface area (Å²) in [5.41, 5.74) is 3.65. The van der Waals surface area contributed by atoms with Crippen LogP contribution in [0.15, 0.2) is 61.1 Å². The summed E-state index contributed by atoms with van der Waals surface area (Å²) in [5.74, 6) is 1.64. The quantitative estimate of drug-likeness (QED) is 0.389. The van der Waals surface area contributed by atoms with Gasteiger partial charge in [0.25, 0.3) is 5.91 Å². The van der Waals surface area contributed by atoms with Crippen LogP contribution < -0.4 is 20.3 Å². The lowest BCUT2D eigenvalue weighted by Crippen LogP contribution is -2.54. The number of halogens is 1. The van der Waals surface area contributed by atoms with Crippen LogP contribution in [-0.2, 0) is 6.54 Å². The zero-order chi connectivity index (χ0) is 27.1. The SMILES string of the molecule is Cc1cn2c(n1)C(Oc1cccc(Cl)c1)=CC(NC(=O)c1ccc(N3C[C@@H](C)N[C@H](C)C3)c3nccnc13)C2. The van der Waals surface area contributed by atoms with Crippen LogP contribution in [0.3, 0.4) is 0 Å². The van der Waals surface area contributed by atoms with Gasteiger partial charge < -0.3 is 24.8 Å². The summed E-state index contributed by atoms with van der Waals surface area (Å²) in [6, 6.07) is 11.4. The van der Waals surface area contributed by atoms with Crippen molar-refractivity contribution in [2.45, 2.75) is 45.4 Å². The summed E-state index contributed by atoms with van der Waals surface area (Å²) in [7, 11) is 0. The van der Waals surface area contributed by atoms with Gasteiger partial charge in [-0.1, -0.05) is 17.7 Å². The van der Waals surface area contributed by atoms with Gasteiger partial charge in [0, 0.05) is 55.3 Å². The van der Waals surface area contributed by atoms with Crippen molar-refractivity contribution in [2.75, 3.05) is 18.0 Å². The first kappa shape index (κ1) is 25.3. The molecule has 2 aliphatic rings. The number of ether oxygens (including phenoxy) is 1. The van der Waals surface area contributed by atoms with Crippen LogP contribution >= 0.6 is 11.6 Å². The van der Waals surface area contributed by atoms with Gasteiger partial charge in [-0.15, -0.1) is 0 Å². The summed E-state index contributed by atoms with van der Waals surface area (Å²) in [4.78, 5) is 29.8. The van der Waals surface area contributed by atoms with Crippen molar-refractivity contribution in [1.29, 1.82) is 0 Å². The molecule has 1 fully saturated rings. The zero-order valence-corrected chi connectivity index (χ0v) is 22.8. The minimum absolute atomic E-state index is 0.224. The first-order valence-electron chi connectivity index (χ1n) is 13.1. The summed E-state index contributed by atoms with van der Waals surface area (Å²) in [6.07, 6.45) is 7.15. The minimum Gasteiger partial charge on any atom is -0.454 e. The lowest BCUT2D eigenvalue weighted by Gasteiger charge is -2.38. The summed E-state index contributed by atoms with van der Waals surface area (Å²) in [6.45, 7) is 8.53. The molecule has 39 heavy (non-hydrogen) atoms. The number of fused-ring (bicyclic) bond motifs is 2. The van der Waals surface area contributed by atoms with E-state index >= 15 is 0 Å². The molecule has 1 unspecified atom stereocenters. The molecule has 1 amide bonds. The number of hydrogen-bond donors (Lipinski definition) is 2. The number of carbonyl (C=O) groups is 1. The second kappa shape index (κ2) is 10.3. The third-order valence-electron chi connectivity index (χ3n) is 6.95. The molecule has 4 heterocycles. The Balaban J connectivity index is 1.29. The van der Waals surface area contributed by atoms with Gasteiger partial charge in [0.2, 0.25) is 0 Å². The van der Waals surface area contributed by atoms with E-state index in [1.807, 2.05) is 48.0 Å². The van der Waals surface area contributed by atoms with Crippen molar-refractivity contribution in [3.63, 3.8) is 0 Å². The molecule has 0 saturated carbocycles. The van der Waals surface area contributed by atoms with Gasteiger partial charge in [0.05, 0.1) is 23.0 Å². The van der Waals surface area contributed by atoms with Crippen molar-refractivity contribution in [3.8, 4) is 5.75 Å². The van der Waals surface area contributed by atoms with Crippen molar-refractivity contribution in [1.82, 2.24) is 30.2 Å². The molecule has 0 bridgehead atoms. The number of benzene rings is 2. The Hall–Kier alpha value is -3.95. The van der Waals surface area contributed by atoms with E-state index in [1.165, 1.54) is 0 Å². The van der Waals surface area contributed by atoms with E-state index in [0.717, 1.165) is 30.0 Å². The fourth-order valence-corrected chi connectivity index (χ4v) is 5.66. The molecule has 0 radical (unpaired) electrons.